The molecule has 0 amide bonds. The van der Waals surface area contributed by atoms with Gasteiger partial charge in [0, 0.05) is 0 Å². The molecule has 26 heavy (non-hydrogen) atoms. The molecule has 2 aromatic carbocycles. The van der Waals surface area contributed by atoms with Gasteiger partial charge in [-0.2, -0.15) is 0 Å². The fourth-order valence-corrected chi connectivity index (χ4v) is 4.73. The molecule has 0 N–H and O–H groups in total. The molecule has 1 aliphatic rings. The minimum absolute atomic E-state index is 0. The van der Waals surface area contributed by atoms with Gasteiger partial charge in [-0.15, -0.1) is 0 Å². The second-order valence-electron chi connectivity index (χ2n) is 6.33. The zero-order chi connectivity index (χ0) is 16.2. The van der Waals surface area contributed by atoms with E-state index in [1.54, 1.807) is 0 Å². The van der Waals surface area contributed by atoms with Gasteiger partial charge in [0.1, 0.15) is 0 Å². The second kappa shape index (κ2) is 11.4. The quantitative estimate of drug-likeness (QED) is 0.420. The normalized spacial score (nSPS) is 14.1. The molecule has 2 aromatic rings. The van der Waals surface area contributed by atoms with Crippen molar-refractivity contribution in [3.05, 3.63) is 96.1 Å². The topological polar surface area (TPSA) is 0 Å². The molecule has 136 valence electrons. The number of allylic oxidation sites excluding steroid dienone is 4. The maximum absolute atomic E-state index is 2.38. The predicted molar refractivity (Wildman–Crippen MR) is 94.2 cm³/mol. The van der Waals surface area contributed by atoms with E-state index in [9.17, 15) is 0 Å². The fraction of sp³-hybridized carbons (Fsp3) is 0.273. The molecule has 0 unspecified atom stereocenters. The van der Waals surface area contributed by atoms with Crippen molar-refractivity contribution in [2.24, 2.45) is 0 Å². The Hall–Kier alpha value is -0.496. The van der Waals surface area contributed by atoms with Crippen LogP contribution in [0, 0.1) is 0 Å². The Bertz CT molecular complexity index is 644. The van der Waals surface area contributed by atoms with Crippen molar-refractivity contribution in [2.75, 3.05) is 0 Å². The summed E-state index contributed by atoms with van der Waals surface area (Å²) in [7, 11) is 0. The van der Waals surface area contributed by atoms with E-state index in [1.807, 2.05) is 0 Å². The Morgan fingerprint density at radius 3 is 1.58 bits per heavy atom. The molecule has 0 saturated carbocycles. The van der Waals surface area contributed by atoms with Crippen LogP contribution in [0.25, 0.3) is 0 Å². The van der Waals surface area contributed by atoms with Crippen LogP contribution in [-0.4, -0.2) is 0 Å². The van der Waals surface area contributed by atoms with E-state index in [0.717, 1.165) is 6.42 Å². The van der Waals surface area contributed by atoms with Gasteiger partial charge in [-0.1, -0.05) is 0 Å². The molecule has 0 heterocycles. The van der Waals surface area contributed by atoms with Crippen LogP contribution >= 0.6 is 0 Å². The van der Waals surface area contributed by atoms with Gasteiger partial charge < -0.3 is 37.2 Å². The van der Waals surface area contributed by atoms with Crippen molar-refractivity contribution in [1.29, 1.82) is 0 Å². The molecule has 0 radical (unpaired) electrons. The first-order valence-corrected chi connectivity index (χ1v) is 9.24. The third-order valence-electron chi connectivity index (χ3n) is 4.97. The summed E-state index contributed by atoms with van der Waals surface area (Å²) in [6.07, 6.45) is 12.7. The van der Waals surface area contributed by atoms with Crippen molar-refractivity contribution in [2.45, 2.75) is 35.3 Å². The summed E-state index contributed by atoms with van der Waals surface area (Å²) in [5, 5.41) is 0. The van der Waals surface area contributed by atoms with Gasteiger partial charge >= 0.3 is 152 Å². The molecule has 0 fully saturated rings. The first kappa shape index (κ1) is 25.5. The van der Waals surface area contributed by atoms with Gasteiger partial charge in [0.05, 0.1) is 0 Å². The second-order valence-corrected chi connectivity index (χ2v) is 7.62. The van der Waals surface area contributed by atoms with Gasteiger partial charge in [-0.05, 0) is 0 Å². The van der Waals surface area contributed by atoms with Crippen LogP contribution in [0.5, 0.6) is 0 Å². The first-order valence-electron chi connectivity index (χ1n) is 8.46. The zero-order valence-corrected chi connectivity index (χ0v) is 18.7. The largest absolute Gasteiger partial charge is 1.00 e. The summed E-state index contributed by atoms with van der Waals surface area (Å²) in [6, 6.07) is 22.1. The van der Waals surface area contributed by atoms with Crippen molar-refractivity contribution in [3.63, 3.8) is 0 Å². The summed E-state index contributed by atoms with van der Waals surface area (Å²) in [5.74, 6) is 0. The van der Waals surface area contributed by atoms with Crippen molar-refractivity contribution in [1.82, 2.24) is 0 Å². The van der Waals surface area contributed by atoms with Crippen LogP contribution < -0.4 is 37.2 Å². The Morgan fingerprint density at radius 2 is 1.19 bits per heavy atom. The SMILES string of the molecule is CCCCC(c1ccccc1)(c1ccccc1)[C]1([Ti+3])C=CC=C1.[Cl-].[Cl-].[Cl-]. The number of halogens is 3. The summed E-state index contributed by atoms with van der Waals surface area (Å²) in [5.41, 5.74) is 2.81. The summed E-state index contributed by atoms with van der Waals surface area (Å²) >= 11 is 2.38. The Balaban J connectivity index is 0.00000208. The molecule has 0 aromatic heterocycles. The average Bonchev–Trinajstić information content (AvgIpc) is 3.05. The summed E-state index contributed by atoms with van der Waals surface area (Å²) in [6.45, 7) is 2.28. The molecule has 0 bridgehead atoms. The molecule has 0 aliphatic heterocycles. The Morgan fingerprint density at radius 1 is 0.769 bits per heavy atom. The maximum Gasteiger partial charge on any atom is -1.00 e. The zero-order valence-electron chi connectivity index (χ0n) is 14.8. The third-order valence-corrected chi connectivity index (χ3v) is 6.16. The van der Waals surface area contributed by atoms with E-state index in [0.29, 0.717) is 0 Å². The summed E-state index contributed by atoms with van der Waals surface area (Å²) in [4.78, 5) is 0. The van der Waals surface area contributed by atoms with Crippen LogP contribution in [-0.2, 0) is 25.9 Å². The molecule has 4 heteroatoms. The summed E-state index contributed by atoms with van der Waals surface area (Å²) < 4.78 is 0.00484. The average molecular weight is 442 g/mol. The van der Waals surface area contributed by atoms with E-state index in [4.69, 9.17) is 0 Å². The minimum atomic E-state index is -0.0188. The van der Waals surface area contributed by atoms with Gasteiger partial charge in [0.2, 0.25) is 0 Å². The van der Waals surface area contributed by atoms with Crippen molar-refractivity contribution in [3.8, 4) is 0 Å². The van der Waals surface area contributed by atoms with Crippen LogP contribution in [0.1, 0.15) is 37.3 Å². The Kier molecular flexibility index (Phi) is 11.2. The monoisotopic (exact) mass is 440 g/mol. The smallest absolute Gasteiger partial charge is 1.00 e. The first-order chi connectivity index (χ1) is 11.2. The predicted octanol–water partition coefficient (Wildman–Crippen LogP) is -2.99. The Labute approximate surface area is 188 Å². The molecule has 0 saturated heterocycles. The van der Waals surface area contributed by atoms with Gasteiger partial charge in [-0.25, -0.2) is 0 Å². The number of rotatable bonds is 6. The number of hydrogen-bond acceptors (Lipinski definition) is 0. The molecular formula is C22H23Cl3Ti. The number of hydrogen-bond donors (Lipinski definition) is 0. The third kappa shape index (κ3) is 4.67. The van der Waals surface area contributed by atoms with E-state index >= 15 is 0 Å². The number of benzene rings is 2. The van der Waals surface area contributed by atoms with E-state index < -0.39 is 0 Å². The van der Waals surface area contributed by atoms with Crippen molar-refractivity contribution < 1.29 is 57.7 Å². The molecule has 1 aliphatic carbocycles. The molecule has 0 spiro atoms. The van der Waals surface area contributed by atoms with Crippen LogP contribution in [0.3, 0.4) is 0 Å². The van der Waals surface area contributed by atoms with Gasteiger partial charge in [-0.3, -0.25) is 0 Å². The van der Waals surface area contributed by atoms with Crippen LogP contribution in [0.15, 0.2) is 85.0 Å². The number of unbranched alkanes of at least 4 members (excludes halogenated alkanes) is 1. The molecule has 3 rings (SSSR count). The molecule has 0 atom stereocenters. The fourth-order valence-electron chi connectivity index (χ4n) is 3.78. The standard InChI is InChI=1S/C22H23.3ClH.Ti/c1-2-3-18-22(21-16-10-11-17-21,19-12-6-4-7-13-19)20-14-8-5-9-15-20;;;;/h4-17H,2-3,18H2,1H3;3*1H;/q;;;;+3/p-3. The van der Waals surface area contributed by atoms with Gasteiger partial charge in [0.25, 0.3) is 0 Å². The van der Waals surface area contributed by atoms with Crippen LogP contribution in [0.4, 0.5) is 0 Å². The van der Waals surface area contributed by atoms with E-state index in [2.05, 4.69) is 112 Å². The minimum Gasteiger partial charge on any atom is -1.00 e. The van der Waals surface area contributed by atoms with Gasteiger partial charge in [0.15, 0.2) is 0 Å². The molecular weight excluding hydrogens is 418 g/mol. The molecule has 0 nitrogen and oxygen atoms in total. The maximum atomic E-state index is 2.38. The van der Waals surface area contributed by atoms with E-state index in [1.165, 1.54) is 24.0 Å². The van der Waals surface area contributed by atoms with Crippen LogP contribution in [0.2, 0.25) is 3.72 Å². The van der Waals surface area contributed by atoms with E-state index in [-0.39, 0.29) is 46.4 Å². The van der Waals surface area contributed by atoms with Crippen molar-refractivity contribution >= 4 is 0 Å².